The summed E-state index contributed by atoms with van der Waals surface area (Å²) in [5.74, 6) is 0.269. The van der Waals surface area contributed by atoms with Gasteiger partial charge in [-0.1, -0.05) is 24.3 Å². The monoisotopic (exact) mass is 352 g/mol. The highest BCUT2D eigenvalue weighted by molar-refractivity contribution is 7.80. The van der Waals surface area contributed by atoms with E-state index in [2.05, 4.69) is 27.7 Å². The Balaban J connectivity index is 1.90. The van der Waals surface area contributed by atoms with Gasteiger partial charge in [0.25, 0.3) is 5.91 Å². The molecule has 1 amide bonds. The highest BCUT2D eigenvalue weighted by Crippen LogP contribution is 2.25. The van der Waals surface area contributed by atoms with Crippen molar-refractivity contribution in [2.24, 2.45) is 0 Å². The summed E-state index contributed by atoms with van der Waals surface area (Å²) in [4.78, 5) is 17.2. The summed E-state index contributed by atoms with van der Waals surface area (Å²) in [5, 5.41) is 3.91. The maximum absolute atomic E-state index is 12.6. The summed E-state index contributed by atoms with van der Waals surface area (Å²) in [7, 11) is 0. The number of para-hydroxylation sites is 1. The first-order valence-electron chi connectivity index (χ1n) is 7.58. The number of aromatic nitrogens is 1. The topological polar surface area (TPSA) is 79.2 Å². The van der Waals surface area contributed by atoms with Crippen molar-refractivity contribution in [3.8, 4) is 11.5 Å². The standard InChI is InChI=1S/C18H16N4O2S/c1-2-9-19-18(25)22-21-17(23)13-11-15(16-8-5-10-24-16)20-14-7-4-3-6-12(13)14/h2-8,10-11H,1,9H2,(H,21,23)(H2,19,22,25). The van der Waals surface area contributed by atoms with E-state index in [1.54, 1.807) is 30.5 Å². The third-order valence-electron chi connectivity index (χ3n) is 3.43. The number of hydrogen-bond acceptors (Lipinski definition) is 4. The van der Waals surface area contributed by atoms with Crippen LogP contribution in [0.5, 0.6) is 0 Å². The Morgan fingerprint density at radius 1 is 1.24 bits per heavy atom. The number of fused-ring (bicyclic) bond motifs is 1. The first kappa shape index (κ1) is 16.7. The molecule has 0 fully saturated rings. The van der Waals surface area contributed by atoms with E-state index in [0.29, 0.717) is 34.2 Å². The van der Waals surface area contributed by atoms with E-state index in [-0.39, 0.29) is 5.91 Å². The van der Waals surface area contributed by atoms with Gasteiger partial charge < -0.3 is 9.73 Å². The molecule has 2 heterocycles. The minimum Gasteiger partial charge on any atom is -0.463 e. The number of hydrazine groups is 1. The number of furan rings is 1. The highest BCUT2D eigenvalue weighted by Gasteiger charge is 2.15. The Morgan fingerprint density at radius 2 is 2.08 bits per heavy atom. The largest absolute Gasteiger partial charge is 0.463 e. The molecule has 0 radical (unpaired) electrons. The number of hydrogen-bond donors (Lipinski definition) is 3. The fourth-order valence-corrected chi connectivity index (χ4v) is 2.44. The third kappa shape index (κ3) is 3.84. The second-order valence-corrected chi connectivity index (χ2v) is 5.54. The third-order valence-corrected chi connectivity index (χ3v) is 3.68. The van der Waals surface area contributed by atoms with Gasteiger partial charge in [0.2, 0.25) is 0 Å². The molecular weight excluding hydrogens is 336 g/mol. The van der Waals surface area contributed by atoms with E-state index in [1.165, 1.54) is 0 Å². The zero-order valence-corrected chi connectivity index (χ0v) is 14.1. The molecule has 0 saturated carbocycles. The Hall–Kier alpha value is -3.19. The summed E-state index contributed by atoms with van der Waals surface area (Å²) < 4.78 is 5.40. The number of rotatable bonds is 4. The predicted molar refractivity (Wildman–Crippen MR) is 101 cm³/mol. The van der Waals surface area contributed by atoms with Gasteiger partial charge in [0.15, 0.2) is 10.9 Å². The lowest BCUT2D eigenvalue weighted by Gasteiger charge is -2.12. The summed E-state index contributed by atoms with van der Waals surface area (Å²) >= 11 is 5.06. The van der Waals surface area contributed by atoms with Crippen LogP contribution in [0, 0.1) is 0 Å². The molecule has 3 N–H and O–H groups in total. The van der Waals surface area contributed by atoms with Crippen molar-refractivity contribution in [1.82, 2.24) is 21.2 Å². The molecule has 0 spiro atoms. The van der Waals surface area contributed by atoms with Crippen LogP contribution in [-0.4, -0.2) is 22.5 Å². The van der Waals surface area contributed by atoms with Gasteiger partial charge in [0, 0.05) is 11.9 Å². The van der Waals surface area contributed by atoms with Gasteiger partial charge in [0.1, 0.15) is 5.69 Å². The maximum Gasteiger partial charge on any atom is 0.270 e. The second-order valence-electron chi connectivity index (χ2n) is 5.13. The molecule has 3 aromatic rings. The van der Waals surface area contributed by atoms with Crippen LogP contribution in [0.3, 0.4) is 0 Å². The Morgan fingerprint density at radius 3 is 2.84 bits per heavy atom. The SMILES string of the molecule is C=CCNC(=S)NNC(=O)c1cc(-c2ccco2)nc2ccccc12. The van der Waals surface area contributed by atoms with Crippen LogP contribution in [0.4, 0.5) is 0 Å². The number of carbonyl (C=O) groups is 1. The number of nitrogens with one attached hydrogen (secondary N) is 3. The number of benzene rings is 1. The smallest absolute Gasteiger partial charge is 0.270 e. The zero-order chi connectivity index (χ0) is 17.6. The molecule has 0 saturated heterocycles. The van der Waals surface area contributed by atoms with Gasteiger partial charge in [-0.15, -0.1) is 6.58 Å². The van der Waals surface area contributed by atoms with Gasteiger partial charge in [-0.2, -0.15) is 0 Å². The number of thiocarbonyl (C=S) groups is 1. The lowest BCUT2D eigenvalue weighted by Crippen LogP contribution is -2.46. The van der Waals surface area contributed by atoms with Crippen LogP contribution in [0.2, 0.25) is 0 Å². The maximum atomic E-state index is 12.6. The minimum absolute atomic E-state index is 0.304. The Bertz CT molecular complexity index is 922. The Kier molecular flexibility index (Phi) is 5.06. The van der Waals surface area contributed by atoms with Crippen molar-refractivity contribution in [2.75, 3.05) is 6.54 Å². The van der Waals surface area contributed by atoms with Gasteiger partial charge in [-0.25, -0.2) is 4.98 Å². The predicted octanol–water partition coefficient (Wildman–Crippen LogP) is 2.79. The van der Waals surface area contributed by atoms with E-state index in [9.17, 15) is 4.79 Å². The molecule has 0 aliphatic heterocycles. The van der Waals surface area contributed by atoms with Crippen LogP contribution in [-0.2, 0) is 0 Å². The summed E-state index contributed by atoms with van der Waals surface area (Å²) in [6.45, 7) is 4.09. The first-order valence-corrected chi connectivity index (χ1v) is 7.98. The quantitative estimate of drug-likeness (QED) is 0.381. The number of nitrogens with zero attached hydrogens (tertiary/aromatic N) is 1. The molecule has 25 heavy (non-hydrogen) atoms. The van der Waals surface area contributed by atoms with Gasteiger partial charge in [0.05, 0.1) is 17.3 Å². The molecule has 3 rings (SSSR count). The molecule has 0 unspecified atom stereocenters. The molecule has 1 aromatic carbocycles. The van der Waals surface area contributed by atoms with Gasteiger partial charge >= 0.3 is 0 Å². The van der Waals surface area contributed by atoms with Crippen LogP contribution in [0.1, 0.15) is 10.4 Å². The molecule has 0 bridgehead atoms. The van der Waals surface area contributed by atoms with E-state index in [4.69, 9.17) is 16.6 Å². The number of amides is 1. The molecule has 6 nitrogen and oxygen atoms in total. The van der Waals surface area contributed by atoms with Crippen molar-refractivity contribution in [3.05, 3.63) is 66.9 Å². The highest BCUT2D eigenvalue weighted by atomic mass is 32.1. The Labute approximate surface area is 149 Å². The summed E-state index contributed by atoms with van der Waals surface area (Å²) in [6.07, 6.45) is 3.24. The molecular formula is C18H16N4O2S. The van der Waals surface area contributed by atoms with Crippen LogP contribution >= 0.6 is 12.2 Å². The van der Waals surface area contributed by atoms with Gasteiger partial charge in [-0.3, -0.25) is 15.6 Å². The van der Waals surface area contributed by atoms with Gasteiger partial charge in [-0.05, 0) is 36.5 Å². The van der Waals surface area contributed by atoms with Crippen molar-refractivity contribution in [2.45, 2.75) is 0 Å². The lowest BCUT2D eigenvalue weighted by molar-refractivity contribution is 0.0945. The zero-order valence-electron chi connectivity index (χ0n) is 13.3. The molecule has 126 valence electrons. The fourth-order valence-electron chi connectivity index (χ4n) is 2.30. The minimum atomic E-state index is -0.325. The average Bonchev–Trinajstić information content (AvgIpc) is 3.18. The van der Waals surface area contributed by atoms with Crippen molar-refractivity contribution in [3.63, 3.8) is 0 Å². The van der Waals surface area contributed by atoms with E-state index in [1.807, 2.05) is 24.3 Å². The molecule has 2 aromatic heterocycles. The summed E-state index contributed by atoms with van der Waals surface area (Å²) in [5.41, 5.74) is 7.01. The van der Waals surface area contributed by atoms with Crippen molar-refractivity contribution >= 4 is 34.1 Å². The average molecular weight is 352 g/mol. The van der Waals surface area contributed by atoms with Crippen LogP contribution < -0.4 is 16.2 Å². The molecule has 0 atom stereocenters. The number of carbonyl (C=O) groups excluding carboxylic acids is 1. The lowest BCUT2D eigenvalue weighted by atomic mass is 10.1. The molecule has 7 heteroatoms. The van der Waals surface area contributed by atoms with Crippen LogP contribution in [0.25, 0.3) is 22.4 Å². The fraction of sp³-hybridized carbons (Fsp3) is 0.0556. The second kappa shape index (κ2) is 7.59. The summed E-state index contributed by atoms with van der Waals surface area (Å²) in [6, 6.07) is 12.7. The van der Waals surface area contributed by atoms with E-state index < -0.39 is 0 Å². The van der Waals surface area contributed by atoms with E-state index in [0.717, 1.165) is 5.39 Å². The van der Waals surface area contributed by atoms with E-state index >= 15 is 0 Å². The normalized spacial score (nSPS) is 10.2. The van der Waals surface area contributed by atoms with Crippen molar-refractivity contribution < 1.29 is 9.21 Å². The first-order chi connectivity index (χ1) is 12.2. The van der Waals surface area contributed by atoms with Crippen molar-refractivity contribution in [1.29, 1.82) is 0 Å². The molecule has 0 aliphatic rings. The van der Waals surface area contributed by atoms with Crippen LogP contribution in [0.15, 0.2) is 65.8 Å². The molecule has 0 aliphatic carbocycles. The number of pyridine rings is 1.